The lowest BCUT2D eigenvalue weighted by Gasteiger charge is -2.68. The first-order valence-corrected chi connectivity index (χ1v) is 13.2. The summed E-state index contributed by atoms with van der Waals surface area (Å²) < 4.78 is 0. The van der Waals surface area contributed by atoms with Gasteiger partial charge in [0.25, 0.3) is 0 Å². The zero-order chi connectivity index (χ0) is 22.8. The van der Waals surface area contributed by atoms with Crippen LogP contribution in [0.5, 0.6) is 0 Å². The van der Waals surface area contributed by atoms with Crippen LogP contribution in [0, 0.1) is 39.4 Å². The molecule has 4 saturated carbocycles. The molecule has 0 bridgehead atoms. The number of Topliss-reactive ketones (excluding diaryl/α,β-unsaturated/α-hetero) is 1. The van der Waals surface area contributed by atoms with Crippen LogP contribution in [0.1, 0.15) is 120 Å². The van der Waals surface area contributed by atoms with Crippen molar-refractivity contribution in [1.29, 1.82) is 0 Å². The summed E-state index contributed by atoms with van der Waals surface area (Å²) >= 11 is 0. The quantitative estimate of drug-likeness (QED) is 0.414. The van der Waals surface area contributed by atoms with Crippen LogP contribution in [-0.2, 0) is 4.79 Å². The molecule has 0 radical (unpaired) electrons. The normalized spacial score (nSPS) is 45.4. The monoisotopic (exact) mass is 424 g/mol. The smallest absolute Gasteiger partial charge is 0.138 e. The lowest BCUT2D eigenvalue weighted by atomic mass is 9.36. The predicted molar refractivity (Wildman–Crippen MR) is 132 cm³/mol. The van der Waals surface area contributed by atoms with Crippen molar-refractivity contribution in [2.24, 2.45) is 39.4 Å². The minimum atomic E-state index is -0.131. The molecule has 4 fully saturated rings. The Morgan fingerprint density at radius 2 is 1.58 bits per heavy atom. The highest BCUT2D eigenvalue weighted by molar-refractivity contribution is 5.85. The van der Waals surface area contributed by atoms with Crippen molar-refractivity contribution < 1.29 is 4.79 Å². The van der Waals surface area contributed by atoms with E-state index in [1.807, 2.05) is 5.57 Å². The predicted octanol–water partition coefficient (Wildman–Crippen LogP) is 8.69. The van der Waals surface area contributed by atoms with Crippen LogP contribution in [0.4, 0.5) is 0 Å². The molecule has 0 heterocycles. The van der Waals surface area contributed by atoms with Gasteiger partial charge in [0.05, 0.1) is 0 Å². The standard InChI is InChI=1S/C30H48O/c1-20(2)10-9-11-21(3)22-14-18-29(7)23(22)12-13-25-28(6)17-16-26(31)27(4,5)24(28)15-19-30(25,29)8/h10,23-25H,9,11-19H2,1-8H3/t23-,24?,25+,28-,29-,30+/m0/s1. The fourth-order valence-electron chi connectivity index (χ4n) is 9.57. The van der Waals surface area contributed by atoms with Gasteiger partial charge in [-0.1, -0.05) is 57.4 Å². The maximum atomic E-state index is 12.8. The molecule has 0 aromatic rings. The molecule has 0 aliphatic heterocycles. The Kier molecular flexibility index (Phi) is 5.71. The summed E-state index contributed by atoms with van der Waals surface area (Å²) in [5, 5.41) is 0. The van der Waals surface area contributed by atoms with Gasteiger partial charge in [0, 0.05) is 11.8 Å². The Morgan fingerprint density at radius 3 is 2.26 bits per heavy atom. The first-order chi connectivity index (χ1) is 14.4. The van der Waals surface area contributed by atoms with Crippen molar-refractivity contribution in [1.82, 2.24) is 0 Å². The Balaban J connectivity index is 1.65. The second-order valence-corrected chi connectivity index (χ2v) is 13.4. The number of carbonyl (C=O) groups excluding carboxylic acids is 1. The van der Waals surface area contributed by atoms with E-state index in [1.165, 1.54) is 56.9 Å². The Hall–Kier alpha value is -0.850. The van der Waals surface area contributed by atoms with E-state index in [-0.39, 0.29) is 5.41 Å². The third kappa shape index (κ3) is 3.26. The summed E-state index contributed by atoms with van der Waals surface area (Å²) in [7, 11) is 0. The van der Waals surface area contributed by atoms with Crippen molar-refractivity contribution in [3.8, 4) is 0 Å². The van der Waals surface area contributed by atoms with E-state index in [2.05, 4.69) is 61.5 Å². The van der Waals surface area contributed by atoms with Gasteiger partial charge < -0.3 is 0 Å². The van der Waals surface area contributed by atoms with Gasteiger partial charge in [0.1, 0.15) is 5.78 Å². The second kappa shape index (κ2) is 7.59. The molecule has 4 rings (SSSR count). The molecule has 0 spiro atoms. The summed E-state index contributed by atoms with van der Waals surface area (Å²) in [5.74, 6) is 2.66. The third-order valence-electron chi connectivity index (χ3n) is 11.6. The zero-order valence-electron chi connectivity index (χ0n) is 21.8. The number of ketones is 1. The fraction of sp³-hybridized carbons (Fsp3) is 0.833. The van der Waals surface area contributed by atoms with E-state index in [0.29, 0.717) is 27.9 Å². The number of hydrogen-bond acceptors (Lipinski definition) is 1. The number of carbonyl (C=O) groups is 1. The number of allylic oxidation sites excluding steroid dienone is 4. The third-order valence-corrected chi connectivity index (χ3v) is 11.6. The topological polar surface area (TPSA) is 17.1 Å². The first kappa shape index (κ1) is 23.3. The Bertz CT molecular complexity index is 808. The molecule has 31 heavy (non-hydrogen) atoms. The van der Waals surface area contributed by atoms with Crippen molar-refractivity contribution >= 4 is 5.78 Å². The Morgan fingerprint density at radius 1 is 0.871 bits per heavy atom. The molecular formula is C30H48O. The van der Waals surface area contributed by atoms with Crippen molar-refractivity contribution in [3.63, 3.8) is 0 Å². The summed E-state index contributed by atoms with van der Waals surface area (Å²) in [4.78, 5) is 12.8. The van der Waals surface area contributed by atoms with Crippen LogP contribution >= 0.6 is 0 Å². The average molecular weight is 425 g/mol. The summed E-state index contributed by atoms with van der Waals surface area (Å²) in [6.45, 7) is 19.3. The largest absolute Gasteiger partial charge is 0.299 e. The van der Waals surface area contributed by atoms with Crippen LogP contribution in [0.15, 0.2) is 22.8 Å². The molecule has 4 aliphatic rings. The second-order valence-electron chi connectivity index (χ2n) is 13.4. The number of fused-ring (bicyclic) bond motifs is 5. The van der Waals surface area contributed by atoms with Gasteiger partial charge in [-0.25, -0.2) is 0 Å². The van der Waals surface area contributed by atoms with Gasteiger partial charge in [-0.05, 0) is 113 Å². The molecule has 0 aromatic heterocycles. The highest BCUT2D eigenvalue weighted by atomic mass is 16.1. The number of rotatable bonds is 3. The molecule has 0 N–H and O–H groups in total. The van der Waals surface area contributed by atoms with Crippen LogP contribution in [0.3, 0.4) is 0 Å². The lowest BCUT2D eigenvalue weighted by Crippen LogP contribution is -2.63. The molecule has 1 unspecified atom stereocenters. The maximum absolute atomic E-state index is 12.8. The summed E-state index contributed by atoms with van der Waals surface area (Å²) in [5.41, 5.74) is 6.02. The molecule has 1 heteroatoms. The maximum Gasteiger partial charge on any atom is 0.138 e. The van der Waals surface area contributed by atoms with Gasteiger partial charge in [-0.15, -0.1) is 0 Å². The molecule has 4 aliphatic carbocycles. The van der Waals surface area contributed by atoms with E-state index < -0.39 is 0 Å². The van der Waals surface area contributed by atoms with Gasteiger partial charge in [0.15, 0.2) is 0 Å². The van der Waals surface area contributed by atoms with Gasteiger partial charge in [-0.3, -0.25) is 4.79 Å². The van der Waals surface area contributed by atoms with Crippen LogP contribution in [0.25, 0.3) is 0 Å². The van der Waals surface area contributed by atoms with Gasteiger partial charge >= 0.3 is 0 Å². The minimum absolute atomic E-state index is 0.131. The molecular weight excluding hydrogens is 376 g/mol. The highest BCUT2D eigenvalue weighted by Gasteiger charge is 2.67. The molecule has 0 amide bonds. The average Bonchev–Trinajstić information content (AvgIpc) is 3.03. The molecule has 6 atom stereocenters. The van der Waals surface area contributed by atoms with Crippen molar-refractivity contribution in [2.45, 2.75) is 120 Å². The zero-order valence-corrected chi connectivity index (χ0v) is 21.8. The fourth-order valence-corrected chi connectivity index (χ4v) is 9.57. The highest BCUT2D eigenvalue weighted by Crippen LogP contribution is 2.75. The van der Waals surface area contributed by atoms with E-state index in [1.54, 1.807) is 5.57 Å². The Labute approximate surface area is 192 Å². The molecule has 1 nitrogen and oxygen atoms in total. The van der Waals surface area contributed by atoms with Crippen LogP contribution < -0.4 is 0 Å². The molecule has 0 saturated heterocycles. The summed E-state index contributed by atoms with van der Waals surface area (Å²) in [6, 6.07) is 0. The van der Waals surface area contributed by atoms with E-state index in [4.69, 9.17) is 0 Å². The van der Waals surface area contributed by atoms with E-state index in [9.17, 15) is 4.79 Å². The van der Waals surface area contributed by atoms with E-state index >= 15 is 0 Å². The molecule has 174 valence electrons. The lowest BCUT2D eigenvalue weighted by molar-refractivity contribution is -0.197. The van der Waals surface area contributed by atoms with E-state index in [0.717, 1.165) is 24.7 Å². The van der Waals surface area contributed by atoms with Crippen molar-refractivity contribution in [3.05, 3.63) is 22.8 Å². The summed E-state index contributed by atoms with van der Waals surface area (Å²) in [6.07, 6.45) is 14.8. The van der Waals surface area contributed by atoms with Gasteiger partial charge in [0.2, 0.25) is 0 Å². The minimum Gasteiger partial charge on any atom is -0.299 e. The number of hydrogen-bond donors (Lipinski definition) is 0. The first-order valence-electron chi connectivity index (χ1n) is 13.2. The SMILES string of the molecule is CC(C)=CCCC(C)=C1CC[C@@]2(C)[C@H]1CC[C@@H]1[C@@]3(C)CCC(=O)C(C)(C)C3CC[C@]12C. The molecule has 0 aromatic carbocycles. The van der Waals surface area contributed by atoms with Crippen molar-refractivity contribution in [2.75, 3.05) is 0 Å². The van der Waals surface area contributed by atoms with Gasteiger partial charge in [-0.2, -0.15) is 0 Å². The van der Waals surface area contributed by atoms with Crippen LogP contribution in [0.2, 0.25) is 0 Å². The van der Waals surface area contributed by atoms with Crippen LogP contribution in [-0.4, -0.2) is 5.78 Å².